The molecular weight excluding hydrogens is 335 g/mol. The van der Waals surface area contributed by atoms with Gasteiger partial charge in [-0.1, -0.05) is 58.9 Å². The number of benzene rings is 2. The lowest BCUT2D eigenvalue weighted by Gasteiger charge is -2.40. The van der Waals surface area contributed by atoms with Gasteiger partial charge in [0.25, 0.3) is 0 Å². The van der Waals surface area contributed by atoms with Gasteiger partial charge >= 0.3 is 0 Å². The Balaban J connectivity index is 2.23. The zero-order valence-corrected chi connectivity index (χ0v) is 17.4. The third-order valence-electron chi connectivity index (χ3n) is 5.47. The van der Waals surface area contributed by atoms with Crippen LogP contribution in [0.5, 0.6) is 5.75 Å². The van der Waals surface area contributed by atoms with Crippen LogP contribution in [0.3, 0.4) is 0 Å². The fraction of sp³-hybridized carbons (Fsp3) is 0.440. The van der Waals surface area contributed by atoms with E-state index in [4.69, 9.17) is 4.74 Å². The number of aryl methyl sites for hydroxylation is 1. The smallest absolute Gasteiger partial charge is 0.131 e. The lowest BCUT2D eigenvalue weighted by Crippen LogP contribution is -2.26. The van der Waals surface area contributed by atoms with Crippen LogP contribution >= 0.6 is 0 Å². The van der Waals surface area contributed by atoms with Crippen LogP contribution in [-0.4, -0.2) is 7.11 Å². The molecule has 144 valence electrons. The van der Waals surface area contributed by atoms with Crippen molar-refractivity contribution in [2.24, 2.45) is 10.8 Å². The van der Waals surface area contributed by atoms with Crippen LogP contribution in [0.4, 0.5) is 4.39 Å². The van der Waals surface area contributed by atoms with E-state index in [0.29, 0.717) is 11.3 Å². The van der Waals surface area contributed by atoms with Gasteiger partial charge in [-0.05, 0) is 70.6 Å². The predicted octanol–water partition coefficient (Wildman–Crippen LogP) is 7.29. The summed E-state index contributed by atoms with van der Waals surface area (Å²) in [5.41, 5.74) is 5.66. The first-order valence-corrected chi connectivity index (χ1v) is 9.83. The van der Waals surface area contributed by atoms with Crippen LogP contribution in [-0.2, 0) is 6.42 Å². The summed E-state index contributed by atoms with van der Waals surface area (Å²) < 4.78 is 20.1. The summed E-state index contributed by atoms with van der Waals surface area (Å²) >= 11 is 0. The molecule has 2 aromatic rings. The summed E-state index contributed by atoms with van der Waals surface area (Å²) in [6, 6.07) is 11.4. The molecule has 0 bridgehead atoms. The van der Waals surface area contributed by atoms with Crippen molar-refractivity contribution in [3.05, 3.63) is 59.4 Å². The summed E-state index contributed by atoms with van der Waals surface area (Å²) in [5, 5.41) is 0. The normalized spacial score (nSPS) is 18.1. The molecule has 0 amide bonds. The molecule has 27 heavy (non-hydrogen) atoms. The maximum absolute atomic E-state index is 14.8. The van der Waals surface area contributed by atoms with E-state index in [1.54, 1.807) is 19.2 Å². The molecule has 0 spiro atoms. The molecule has 0 fully saturated rings. The molecule has 1 nitrogen and oxygen atoms in total. The van der Waals surface area contributed by atoms with Gasteiger partial charge < -0.3 is 4.74 Å². The van der Waals surface area contributed by atoms with Crippen molar-refractivity contribution < 1.29 is 9.13 Å². The third kappa shape index (κ3) is 4.26. The first kappa shape index (κ1) is 19.7. The van der Waals surface area contributed by atoms with E-state index in [1.165, 1.54) is 17.2 Å². The van der Waals surface area contributed by atoms with E-state index in [1.807, 2.05) is 0 Å². The SMILES string of the molecule is CCc1ccc(-c2cc(OC)ccc2F)c(C2=CC(C)(C)CC(C)(C)C2)c1. The highest BCUT2D eigenvalue weighted by atomic mass is 19.1. The molecule has 1 aliphatic rings. The van der Waals surface area contributed by atoms with Gasteiger partial charge in [0, 0.05) is 5.56 Å². The van der Waals surface area contributed by atoms with Crippen LogP contribution in [0.25, 0.3) is 16.7 Å². The molecule has 0 saturated heterocycles. The number of hydrogen-bond donors (Lipinski definition) is 0. The topological polar surface area (TPSA) is 9.23 Å². The second-order valence-corrected chi connectivity index (χ2v) is 9.26. The van der Waals surface area contributed by atoms with Crippen molar-refractivity contribution in [2.45, 2.75) is 53.9 Å². The van der Waals surface area contributed by atoms with Crippen LogP contribution in [0.2, 0.25) is 0 Å². The van der Waals surface area contributed by atoms with Crippen LogP contribution in [0.15, 0.2) is 42.5 Å². The molecule has 0 aliphatic heterocycles. The van der Waals surface area contributed by atoms with Crippen LogP contribution < -0.4 is 4.74 Å². The van der Waals surface area contributed by atoms with E-state index < -0.39 is 0 Å². The molecule has 2 heteroatoms. The highest BCUT2D eigenvalue weighted by Gasteiger charge is 2.34. The first-order chi connectivity index (χ1) is 12.6. The Hall–Kier alpha value is -2.09. The quantitative estimate of drug-likeness (QED) is 0.552. The van der Waals surface area contributed by atoms with Crippen molar-refractivity contribution in [3.63, 3.8) is 0 Å². The summed E-state index contributed by atoms with van der Waals surface area (Å²) in [7, 11) is 1.62. The summed E-state index contributed by atoms with van der Waals surface area (Å²) in [6.45, 7) is 11.4. The average molecular weight is 367 g/mol. The molecule has 1 aliphatic carbocycles. The minimum atomic E-state index is -0.212. The number of allylic oxidation sites excluding steroid dienone is 2. The highest BCUT2D eigenvalue weighted by molar-refractivity contribution is 5.83. The van der Waals surface area contributed by atoms with Crippen molar-refractivity contribution >= 4 is 5.57 Å². The monoisotopic (exact) mass is 366 g/mol. The lowest BCUT2D eigenvalue weighted by molar-refractivity contribution is 0.229. The summed E-state index contributed by atoms with van der Waals surface area (Å²) in [5.74, 6) is 0.464. The van der Waals surface area contributed by atoms with Crippen LogP contribution in [0, 0.1) is 16.6 Å². The molecule has 0 heterocycles. The molecule has 0 radical (unpaired) electrons. The van der Waals surface area contributed by atoms with Gasteiger partial charge in [0.2, 0.25) is 0 Å². The number of halogens is 1. The van der Waals surface area contributed by atoms with E-state index in [-0.39, 0.29) is 16.6 Å². The van der Waals surface area contributed by atoms with Gasteiger partial charge in [-0.15, -0.1) is 0 Å². The van der Waals surface area contributed by atoms with Gasteiger partial charge in [-0.25, -0.2) is 4.39 Å². The second kappa shape index (κ2) is 7.14. The predicted molar refractivity (Wildman–Crippen MR) is 113 cm³/mol. The minimum Gasteiger partial charge on any atom is -0.497 e. The lowest BCUT2D eigenvalue weighted by atomic mass is 9.65. The van der Waals surface area contributed by atoms with E-state index >= 15 is 0 Å². The molecule has 0 saturated carbocycles. The Morgan fingerprint density at radius 1 is 0.963 bits per heavy atom. The van der Waals surface area contributed by atoms with Crippen molar-refractivity contribution in [1.82, 2.24) is 0 Å². The highest BCUT2D eigenvalue weighted by Crippen LogP contribution is 2.49. The Kier molecular flexibility index (Phi) is 5.20. The Labute approximate surface area is 163 Å². The molecule has 0 unspecified atom stereocenters. The Bertz CT molecular complexity index is 874. The van der Waals surface area contributed by atoms with Crippen LogP contribution in [0.1, 0.15) is 58.6 Å². The number of ether oxygens (including phenoxy) is 1. The fourth-order valence-electron chi connectivity index (χ4n) is 4.71. The molecule has 0 N–H and O–H groups in total. The third-order valence-corrected chi connectivity index (χ3v) is 5.47. The van der Waals surface area contributed by atoms with Gasteiger partial charge in [-0.3, -0.25) is 0 Å². The standard InChI is InChI=1S/C25H31FO/c1-7-17-8-10-20(22-13-19(27-6)9-11-23(22)26)21(12-17)18-14-24(2,3)16-25(4,5)15-18/h8-14H,7,15-16H2,1-6H3. The van der Waals surface area contributed by atoms with E-state index in [0.717, 1.165) is 30.4 Å². The minimum absolute atomic E-state index is 0.128. The van der Waals surface area contributed by atoms with Gasteiger partial charge in [-0.2, -0.15) is 0 Å². The maximum Gasteiger partial charge on any atom is 0.131 e. The molecule has 0 aromatic heterocycles. The number of hydrogen-bond acceptors (Lipinski definition) is 1. The molecule has 0 atom stereocenters. The summed E-state index contributed by atoms with van der Waals surface area (Å²) in [6.07, 6.45) is 5.52. The molecular formula is C25H31FO. The van der Waals surface area contributed by atoms with Crippen molar-refractivity contribution in [3.8, 4) is 16.9 Å². The Morgan fingerprint density at radius 3 is 2.33 bits per heavy atom. The Morgan fingerprint density at radius 2 is 1.70 bits per heavy atom. The van der Waals surface area contributed by atoms with Gasteiger partial charge in [0.05, 0.1) is 7.11 Å². The average Bonchev–Trinajstić information content (AvgIpc) is 2.59. The summed E-state index contributed by atoms with van der Waals surface area (Å²) in [4.78, 5) is 0. The molecule has 2 aromatic carbocycles. The zero-order valence-electron chi connectivity index (χ0n) is 17.4. The first-order valence-electron chi connectivity index (χ1n) is 9.83. The fourth-order valence-corrected chi connectivity index (χ4v) is 4.71. The van der Waals surface area contributed by atoms with Gasteiger partial charge in [0.1, 0.15) is 11.6 Å². The van der Waals surface area contributed by atoms with E-state index in [9.17, 15) is 4.39 Å². The van der Waals surface area contributed by atoms with Crippen molar-refractivity contribution in [1.29, 1.82) is 0 Å². The maximum atomic E-state index is 14.8. The molecule has 3 rings (SSSR count). The van der Waals surface area contributed by atoms with E-state index in [2.05, 4.69) is 58.9 Å². The second-order valence-electron chi connectivity index (χ2n) is 9.26. The number of methoxy groups -OCH3 is 1. The zero-order chi connectivity index (χ0) is 19.8. The largest absolute Gasteiger partial charge is 0.497 e. The number of rotatable bonds is 4. The van der Waals surface area contributed by atoms with Gasteiger partial charge in [0.15, 0.2) is 0 Å². The van der Waals surface area contributed by atoms with Crippen molar-refractivity contribution in [2.75, 3.05) is 7.11 Å².